The molecule has 8 aromatic rings. The second kappa shape index (κ2) is 9.47. The van der Waals surface area contributed by atoms with E-state index in [0.29, 0.717) is 17.5 Å². The third-order valence-electron chi connectivity index (χ3n) is 9.83. The van der Waals surface area contributed by atoms with E-state index in [2.05, 4.69) is 79.1 Å². The van der Waals surface area contributed by atoms with Gasteiger partial charge in [0.15, 0.2) is 29.0 Å². The zero-order valence-electron chi connectivity index (χ0n) is 25.9. The molecule has 0 saturated heterocycles. The number of fused-ring (bicyclic) bond motifs is 8. The first-order valence-electron chi connectivity index (χ1n) is 16.0. The zero-order chi connectivity index (χ0) is 31.3. The maximum absolute atomic E-state index is 6.37. The standard InChI is InChI=1S/C42H28N4O/c1-42(2)32-22-27(41-44-39(25-12-5-3-6-13-25)43-40(45-41)26-14-7-4-8-15-26)20-21-28(32)30-23-31-29-16-11-19-37-38(29)46(35(31)24-33(30)42)34-17-9-10-18-36(34)47-37/h3-24H,1-2H3. The summed E-state index contributed by atoms with van der Waals surface area (Å²) < 4.78 is 8.75. The fourth-order valence-electron chi connectivity index (χ4n) is 7.52. The molecule has 0 saturated carbocycles. The van der Waals surface area contributed by atoms with Crippen molar-refractivity contribution >= 4 is 21.8 Å². The number of benzene rings is 6. The molecule has 0 atom stereocenters. The number of ether oxygens (including phenoxy) is 1. The molecule has 6 aromatic carbocycles. The first-order chi connectivity index (χ1) is 23.0. The van der Waals surface area contributed by atoms with Crippen LogP contribution < -0.4 is 4.74 Å². The van der Waals surface area contributed by atoms with E-state index in [4.69, 9.17) is 19.7 Å². The highest BCUT2D eigenvalue weighted by Crippen LogP contribution is 2.53. The minimum Gasteiger partial charge on any atom is -0.453 e. The van der Waals surface area contributed by atoms with E-state index in [9.17, 15) is 0 Å². The molecule has 0 N–H and O–H groups in total. The van der Waals surface area contributed by atoms with Crippen LogP contribution in [0.25, 0.3) is 72.8 Å². The summed E-state index contributed by atoms with van der Waals surface area (Å²) in [6, 6.07) is 46.4. The number of hydrogen-bond donors (Lipinski definition) is 0. The second-order valence-corrected chi connectivity index (χ2v) is 12.9. The van der Waals surface area contributed by atoms with Gasteiger partial charge in [0.2, 0.25) is 0 Å². The van der Waals surface area contributed by atoms with Crippen LogP contribution in [0.2, 0.25) is 0 Å². The molecule has 5 nitrogen and oxygen atoms in total. The van der Waals surface area contributed by atoms with Crippen LogP contribution in [0.4, 0.5) is 0 Å². The second-order valence-electron chi connectivity index (χ2n) is 12.9. The van der Waals surface area contributed by atoms with Crippen LogP contribution in [0.3, 0.4) is 0 Å². The maximum Gasteiger partial charge on any atom is 0.164 e. The van der Waals surface area contributed by atoms with Crippen LogP contribution in [0.1, 0.15) is 25.0 Å². The first-order valence-corrected chi connectivity index (χ1v) is 16.0. The largest absolute Gasteiger partial charge is 0.453 e. The fourth-order valence-corrected chi connectivity index (χ4v) is 7.52. The molecule has 3 heterocycles. The van der Waals surface area contributed by atoms with Crippen LogP contribution in [0, 0.1) is 0 Å². The molecule has 222 valence electrons. The van der Waals surface area contributed by atoms with Crippen molar-refractivity contribution in [2.75, 3.05) is 0 Å². The van der Waals surface area contributed by atoms with Crippen molar-refractivity contribution < 1.29 is 4.74 Å². The molecule has 0 spiro atoms. The van der Waals surface area contributed by atoms with Gasteiger partial charge in [0.25, 0.3) is 0 Å². The molecule has 0 radical (unpaired) electrons. The average Bonchev–Trinajstić information content (AvgIpc) is 3.57. The van der Waals surface area contributed by atoms with Gasteiger partial charge < -0.3 is 9.30 Å². The molecule has 10 rings (SSSR count). The lowest BCUT2D eigenvalue weighted by molar-refractivity contribution is 0.476. The van der Waals surface area contributed by atoms with E-state index in [1.165, 1.54) is 38.5 Å². The molecule has 2 aliphatic rings. The summed E-state index contributed by atoms with van der Waals surface area (Å²) in [5.41, 5.74) is 11.2. The monoisotopic (exact) mass is 604 g/mol. The van der Waals surface area contributed by atoms with E-state index in [-0.39, 0.29) is 5.41 Å². The smallest absolute Gasteiger partial charge is 0.164 e. The van der Waals surface area contributed by atoms with E-state index in [1.54, 1.807) is 0 Å². The minimum atomic E-state index is -0.239. The highest BCUT2D eigenvalue weighted by Gasteiger charge is 2.37. The van der Waals surface area contributed by atoms with Crippen molar-refractivity contribution in [2.24, 2.45) is 0 Å². The highest BCUT2D eigenvalue weighted by atomic mass is 16.5. The quantitative estimate of drug-likeness (QED) is 0.201. The van der Waals surface area contributed by atoms with Gasteiger partial charge in [-0.05, 0) is 58.7 Å². The molecule has 0 amide bonds. The van der Waals surface area contributed by atoms with Crippen LogP contribution in [0.15, 0.2) is 133 Å². The van der Waals surface area contributed by atoms with Crippen molar-refractivity contribution in [3.05, 3.63) is 145 Å². The maximum atomic E-state index is 6.37. The van der Waals surface area contributed by atoms with Crippen molar-refractivity contribution in [1.29, 1.82) is 0 Å². The van der Waals surface area contributed by atoms with E-state index in [0.717, 1.165) is 39.4 Å². The van der Waals surface area contributed by atoms with Crippen LogP contribution in [0.5, 0.6) is 11.5 Å². The van der Waals surface area contributed by atoms with Gasteiger partial charge in [-0.25, -0.2) is 15.0 Å². The molecule has 2 aromatic heterocycles. The molecular weight excluding hydrogens is 576 g/mol. The Balaban J connectivity index is 1.17. The topological polar surface area (TPSA) is 52.8 Å². The number of nitrogens with zero attached hydrogens (tertiary/aromatic N) is 4. The number of rotatable bonds is 3. The Morgan fingerprint density at radius 2 is 1.13 bits per heavy atom. The third kappa shape index (κ3) is 3.74. The normalized spacial score (nSPS) is 13.7. The Kier molecular flexibility index (Phi) is 5.28. The van der Waals surface area contributed by atoms with Gasteiger partial charge in [-0.15, -0.1) is 0 Å². The Bertz CT molecular complexity index is 2510. The van der Waals surface area contributed by atoms with Crippen molar-refractivity contribution in [1.82, 2.24) is 19.5 Å². The Morgan fingerprint density at radius 1 is 0.511 bits per heavy atom. The molecule has 0 fully saturated rings. The van der Waals surface area contributed by atoms with Gasteiger partial charge in [0, 0.05) is 32.9 Å². The predicted molar refractivity (Wildman–Crippen MR) is 188 cm³/mol. The summed E-state index contributed by atoms with van der Waals surface area (Å²) in [6.45, 7) is 4.65. The van der Waals surface area contributed by atoms with Gasteiger partial charge in [-0.3, -0.25) is 0 Å². The van der Waals surface area contributed by atoms with Gasteiger partial charge in [-0.2, -0.15) is 0 Å². The zero-order valence-corrected chi connectivity index (χ0v) is 25.9. The van der Waals surface area contributed by atoms with Crippen LogP contribution in [-0.2, 0) is 5.41 Å². The number of hydrogen-bond acceptors (Lipinski definition) is 4. The summed E-state index contributed by atoms with van der Waals surface area (Å²) in [6.07, 6.45) is 0. The van der Waals surface area contributed by atoms with Crippen molar-refractivity contribution in [2.45, 2.75) is 19.3 Å². The van der Waals surface area contributed by atoms with E-state index < -0.39 is 0 Å². The summed E-state index contributed by atoms with van der Waals surface area (Å²) in [7, 11) is 0. The first kappa shape index (κ1) is 26.2. The van der Waals surface area contributed by atoms with E-state index >= 15 is 0 Å². The molecule has 1 aliphatic carbocycles. The Morgan fingerprint density at radius 3 is 1.85 bits per heavy atom. The van der Waals surface area contributed by atoms with Gasteiger partial charge in [-0.1, -0.05) is 111 Å². The molecule has 47 heavy (non-hydrogen) atoms. The lowest BCUT2D eigenvalue weighted by Gasteiger charge is -2.23. The van der Waals surface area contributed by atoms with Crippen LogP contribution in [-0.4, -0.2) is 19.5 Å². The molecule has 0 bridgehead atoms. The van der Waals surface area contributed by atoms with Crippen molar-refractivity contribution in [3.8, 4) is 62.5 Å². The van der Waals surface area contributed by atoms with Gasteiger partial charge >= 0.3 is 0 Å². The molecule has 5 heteroatoms. The Labute approximate surface area is 271 Å². The lowest BCUT2D eigenvalue weighted by atomic mass is 9.81. The van der Waals surface area contributed by atoms with Gasteiger partial charge in [0.05, 0.1) is 16.7 Å². The molecular formula is C42H28N4O. The fraction of sp³-hybridized carbons (Fsp3) is 0.0714. The van der Waals surface area contributed by atoms with Crippen LogP contribution >= 0.6 is 0 Å². The summed E-state index contributed by atoms with van der Waals surface area (Å²) in [4.78, 5) is 14.9. The average molecular weight is 605 g/mol. The third-order valence-corrected chi connectivity index (χ3v) is 9.83. The predicted octanol–water partition coefficient (Wildman–Crippen LogP) is 10.4. The van der Waals surface area contributed by atoms with Crippen molar-refractivity contribution in [3.63, 3.8) is 0 Å². The number of aromatic nitrogens is 4. The summed E-state index contributed by atoms with van der Waals surface area (Å²) in [5.74, 6) is 3.76. The summed E-state index contributed by atoms with van der Waals surface area (Å²) in [5, 5.41) is 2.43. The molecule has 1 aliphatic heterocycles. The summed E-state index contributed by atoms with van der Waals surface area (Å²) >= 11 is 0. The minimum absolute atomic E-state index is 0.239. The lowest BCUT2D eigenvalue weighted by Crippen LogP contribution is -2.15. The van der Waals surface area contributed by atoms with Gasteiger partial charge in [0.1, 0.15) is 0 Å². The van der Waals surface area contributed by atoms with E-state index in [1.807, 2.05) is 72.8 Å². The number of para-hydroxylation sites is 3. The Hall–Kier alpha value is -6.07. The SMILES string of the molecule is CC1(C)c2cc(-c3nc(-c4ccccc4)nc(-c4ccccc4)n3)ccc2-c2cc3c4cccc5c4n(c3cc21)-c1ccccc1O5. The molecule has 0 unspecified atom stereocenters. The highest BCUT2D eigenvalue weighted by molar-refractivity contribution is 6.14.